The molecule has 2 unspecified atom stereocenters. The summed E-state index contributed by atoms with van der Waals surface area (Å²) in [5.74, 6) is 0.570. The number of hydrogen-bond donors (Lipinski definition) is 0. The van der Waals surface area contributed by atoms with E-state index in [0.29, 0.717) is 12.5 Å². The highest BCUT2D eigenvalue weighted by atomic mass is 28.3. The fourth-order valence-electron chi connectivity index (χ4n) is 3.70. The van der Waals surface area contributed by atoms with Gasteiger partial charge >= 0.3 is 5.97 Å². The van der Waals surface area contributed by atoms with E-state index < -0.39 is 8.07 Å². The van der Waals surface area contributed by atoms with Crippen LogP contribution in [0.5, 0.6) is 0 Å². The molecule has 106 valence electrons. The Morgan fingerprint density at radius 2 is 1.85 bits per heavy atom. The molecule has 1 saturated heterocycles. The van der Waals surface area contributed by atoms with E-state index in [4.69, 9.17) is 4.74 Å². The largest absolute Gasteiger partial charge is 0.465 e. The van der Waals surface area contributed by atoms with Crippen molar-refractivity contribution in [3.8, 4) is 0 Å². The molecule has 3 heteroatoms. The third kappa shape index (κ3) is 2.35. The SMILES string of the molecule is C[Si](C)(C)/C(=C1/CC2COC(=O)C2C1)c1ccccc1. The van der Waals surface area contributed by atoms with Crippen molar-refractivity contribution in [2.75, 3.05) is 6.61 Å². The van der Waals surface area contributed by atoms with Crippen molar-refractivity contribution >= 4 is 19.2 Å². The third-order valence-corrected chi connectivity index (χ3v) is 6.59. The lowest BCUT2D eigenvalue weighted by molar-refractivity contribution is -0.141. The number of ether oxygens (including phenoxy) is 1. The average Bonchev–Trinajstić information content (AvgIpc) is 2.92. The van der Waals surface area contributed by atoms with Crippen LogP contribution in [0.3, 0.4) is 0 Å². The maximum atomic E-state index is 11.8. The Morgan fingerprint density at radius 1 is 1.15 bits per heavy atom. The number of fused-ring (bicyclic) bond motifs is 1. The van der Waals surface area contributed by atoms with Crippen LogP contribution in [0.4, 0.5) is 0 Å². The van der Waals surface area contributed by atoms with E-state index >= 15 is 0 Å². The fourth-order valence-corrected chi connectivity index (χ4v) is 6.00. The van der Waals surface area contributed by atoms with E-state index in [2.05, 4.69) is 50.0 Å². The highest BCUT2D eigenvalue weighted by Crippen LogP contribution is 2.45. The first-order valence-corrected chi connectivity index (χ1v) is 10.9. The maximum absolute atomic E-state index is 11.8. The standard InChI is InChI=1S/C17H22O2Si/c1-20(2,3)16(12-7-5-4-6-8-12)13-9-14-11-19-17(18)15(14)10-13/h4-8,14-15H,9-11H2,1-3H3/b16-13-. The van der Waals surface area contributed by atoms with E-state index in [-0.39, 0.29) is 11.9 Å². The number of rotatable bonds is 2. The minimum absolute atomic E-state index is 0.0213. The van der Waals surface area contributed by atoms with Gasteiger partial charge in [0.15, 0.2) is 0 Å². The van der Waals surface area contributed by atoms with Crippen LogP contribution in [0.25, 0.3) is 5.20 Å². The smallest absolute Gasteiger partial charge is 0.309 e. The Labute approximate surface area is 121 Å². The number of cyclic esters (lactones) is 1. The Balaban J connectivity index is 2.03. The Kier molecular flexibility index (Phi) is 3.33. The summed E-state index contributed by atoms with van der Waals surface area (Å²) < 4.78 is 5.19. The molecule has 1 aromatic carbocycles. The topological polar surface area (TPSA) is 26.3 Å². The minimum atomic E-state index is -1.43. The molecule has 1 aliphatic carbocycles. The summed E-state index contributed by atoms with van der Waals surface area (Å²) in [7, 11) is -1.43. The van der Waals surface area contributed by atoms with Gasteiger partial charge in [0.25, 0.3) is 0 Å². The number of allylic oxidation sites excluding steroid dienone is 1. The van der Waals surface area contributed by atoms with Gasteiger partial charge in [-0.2, -0.15) is 0 Å². The molecule has 0 amide bonds. The van der Waals surface area contributed by atoms with Gasteiger partial charge in [0.05, 0.1) is 20.6 Å². The van der Waals surface area contributed by atoms with Crippen molar-refractivity contribution in [3.63, 3.8) is 0 Å². The molecular formula is C17H22O2Si. The number of hydrogen-bond acceptors (Lipinski definition) is 2. The van der Waals surface area contributed by atoms with E-state index in [9.17, 15) is 4.79 Å². The van der Waals surface area contributed by atoms with Crippen LogP contribution >= 0.6 is 0 Å². The van der Waals surface area contributed by atoms with Crippen molar-refractivity contribution in [2.24, 2.45) is 11.8 Å². The van der Waals surface area contributed by atoms with Crippen molar-refractivity contribution in [1.29, 1.82) is 0 Å². The van der Waals surface area contributed by atoms with Crippen molar-refractivity contribution < 1.29 is 9.53 Å². The van der Waals surface area contributed by atoms with Crippen molar-refractivity contribution in [3.05, 3.63) is 41.5 Å². The molecule has 1 heterocycles. The lowest BCUT2D eigenvalue weighted by Gasteiger charge is -2.25. The van der Waals surface area contributed by atoms with E-state index in [1.165, 1.54) is 11.1 Å². The summed E-state index contributed by atoms with van der Waals surface area (Å²) in [6, 6.07) is 10.7. The number of esters is 1. The second-order valence-corrected chi connectivity index (χ2v) is 12.0. The molecule has 1 aliphatic heterocycles. The lowest BCUT2D eigenvalue weighted by atomic mass is 10.0. The Morgan fingerprint density at radius 3 is 2.45 bits per heavy atom. The van der Waals surface area contributed by atoms with Crippen molar-refractivity contribution in [2.45, 2.75) is 32.5 Å². The second kappa shape index (κ2) is 4.88. The lowest BCUT2D eigenvalue weighted by Crippen LogP contribution is -2.24. The molecule has 0 radical (unpaired) electrons. The van der Waals surface area contributed by atoms with Crippen LogP contribution in [0.15, 0.2) is 35.9 Å². The van der Waals surface area contributed by atoms with Gasteiger partial charge in [-0.3, -0.25) is 4.79 Å². The van der Waals surface area contributed by atoms with Gasteiger partial charge < -0.3 is 4.74 Å². The first-order valence-electron chi connectivity index (χ1n) is 7.41. The predicted molar refractivity (Wildman–Crippen MR) is 83.9 cm³/mol. The first kappa shape index (κ1) is 13.6. The fraction of sp³-hybridized carbons (Fsp3) is 0.471. The zero-order chi connectivity index (χ0) is 14.3. The normalized spacial score (nSPS) is 28.2. The Bertz CT molecular complexity index is 554. The van der Waals surface area contributed by atoms with Gasteiger partial charge in [0.2, 0.25) is 0 Å². The molecule has 1 aromatic rings. The van der Waals surface area contributed by atoms with Crippen molar-refractivity contribution in [1.82, 2.24) is 0 Å². The maximum Gasteiger partial charge on any atom is 0.309 e. The molecular weight excluding hydrogens is 264 g/mol. The monoisotopic (exact) mass is 286 g/mol. The number of benzene rings is 1. The van der Waals surface area contributed by atoms with Crippen LogP contribution in [-0.2, 0) is 9.53 Å². The van der Waals surface area contributed by atoms with Gasteiger partial charge in [0.1, 0.15) is 0 Å². The van der Waals surface area contributed by atoms with Crippen LogP contribution in [0.2, 0.25) is 19.6 Å². The summed E-state index contributed by atoms with van der Waals surface area (Å²) >= 11 is 0. The average molecular weight is 286 g/mol. The van der Waals surface area contributed by atoms with Gasteiger partial charge in [-0.25, -0.2) is 0 Å². The highest BCUT2D eigenvalue weighted by molar-refractivity contribution is 6.93. The summed E-state index contributed by atoms with van der Waals surface area (Å²) in [5.41, 5.74) is 2.87. The minimum Gasteiger partial charge on any atom is -0.465 e. The summed E-state index contributed by atoms with van der Waals surface area (Å²) in [6.45, 7) is 7.82. The predicted octanol–water partition coefficient (Wildman–Crippen LogP) is 3.90. The zero-order valence-electron chi connectivity index (χ0n) is 12.5. The molecule has 2 aliphatic rings. The van der Waals surface area contributed by atoms with Gasteiger partial charge in [0, 0.05) is 5.92 Å². The summed E-state index contributed by atoms with van der Waals surface area (Å²) in [5, 5.41) is 1.56. The quantitative estimate of drug-likeness (QED) is 0.609. The summed E-state index contributed by atoms with van der Waals surface area (Å²) in [6.07, 6.45) is 1.96. The van der Waals surface area contributed by atoms with Crippen LogP contribution < -0.4 is 0 Å². The molecule has 2 nitrogen and oxygen atoms in total. The van der Waals surface area contributed by atoms with Gasteiger partial charge in [-0.05, 0) is 18.4 Å². The first-order chi connectivity index (χ1) is 9.47. The Hall–Kier alpha value is -1.35. The molecule has 0 aromatic heterocycles. The van der Waals surface area contributed by atoms with Gasteiger partial charge in [-0.1, -0.05) is 60.7 Å². The van der Waals surface area contributed by atoms with Crippen LogP contribution in [0.1, 0.15) is 18.4 Å². The zero-order valence-corrected chi connectivity index (χ0v) is 13.5. The molecule has 1 saturated carbocycles. The number of carbonyl (C=O) groups is 1. The second-order valence-electron chi connectivity index (χ2n) is 7.00. The van der Waals surface area contributed by atoms with Crippen LogP contribution in [-0.4, -0.2) is 20.7 Å². The molecule has 2 fully saturated rings. The summed E-state index contributed by atoms with van der Waals surface area (Å²) in [4.78, 5) is 11.8. The molecule has 2 atom stereocenters. The molecule has 20 heavy (non-hydrogen) atoms. The molecule has 0 bridgehead atoms. The van der Waals surface area contributed by atoms with E-state index in [1.807, 2.05) is 0 Å². The van der Waals surface area contributed by atoms with E-state index in [0.717, 1.165) is 12.8 Å². The third-order valence-electron chi connectivity index (χ3n) is 4.45. The number of carbonyl (C=O) groups excluding carboxylic acids is 1. The van der Waals surface area contributed by atoms with Gasteiger partial charge in [-0.15, -0.1) is 0 Å². The highest BCUT2D eigenvalue weighted by Gasteiger charge is 2.44. The molecule has 3 rings (SSSR count). The molecule has 0 N–H and O–H groups in total. The molecule has 0 spiro atoms. The van der Waals surface area contributed by atoms with E-state index in [1.54, 1.807) is 5.20 Å². The van der Waals surface area contributed by atoms with Crippen LogP contribution in [0, 0.1) is 11.8 Å².